The van der Waals surface area contributed by atoms with Gasteiger partial charge in [0.2, 0.25) is 0 Å². The monoisotopic (exact) mass is 246 g/mol. The van der Waals surface area contributed by atoms with Crippen LogP contribution in [0.5, 0.6) is 0 Å². The van der Waals surface area contributed by atoms with Gasteiger partial charge in [-0.1, -0.05) is 6.92 Å². The third kappa shape index (κ3) is 2.19. The number of fused-ring (bicyclic) bond motifs is 1. The number of hydrogen-bond donors (Lipinski definition) is 0. The highest BCUT2D eigenvalue weighted by Crippen LogP contribution is 2.32. The zero-order chi connectivity index (χ0) is 12.5. The van der Waals surface area contributed by atoms with Gasteiger partial charge in [0.1, 0.15) is 0 Å². The van der Waals surface area contributed by atoms with Gasteiger partial charge in [-0.25, -0.2) is 0 Å². The highest BCUT2D eigenvalue weighted by molar-refractivity contribution is 5.63. The van der Waals surface area contributed by atoms with Crippen LogP contribution in [-0.2, 0) is 11.2 Å². The van der Waals surface area contributed by atoms with E-state index in [1.165, 1.54) is 29.9 Å². The Labute approximate surface area is 109 Å². The minimum absolute atomic E-state index is 0.752. The zero-order valence-electron chi connectivity index (χ0n) is 11.4. The van der Waals surface area contributed by atoms with Crippen LogP contribution >= 0.6 is 0 Å². The molecule has 3 rings (SSSR count). The van der Waals surface area contributed by atoms with Crippen LogP contribution in [0, 0.1) is 5.92 Å². The average Bonchev–Trinajstić information content (AvgIpc) is 2.39. The third-order valence-corrected chi connectivity index (χ3v) is 4.00. The van der Waals surface area contributed by atoms with Gasteiger partial charge in [-0.2, -0.15) is 0 Å². The summed E-state index contributed by atoms with van der Waals surface area (Å²) in [4.78, 5) is 4.82. The third-order valence-electron chi connectivity index (χ3n) is 4.00. The molecule has 18 heavy (non-hydrogen) atoms. The minimum Gasteiger partial charge on any atom is -0.378 e. The highest BCUT2D eigenvalue weighted by Gasteiger charge is 2.20. The van der Waals surface area contributed by atoms with E-state index in [0.717, 1.165) is 32.2 Å². The highest BCUT2D eigenvalue weighted by atomic mass is 16.5. The molecule has 2 heterocycles. The number of nitrogens with zero attached hydrogens (tertiary/aromatic N) is 2. The lowest BCUT2D eigenvalue weighted by Crippen LogP contribution is -2.36. The van der Waals surface area contributed by atoms with Crippen molar-refractivity contribution in [2.75, 3.05) is 49.7 Å². The summed E-state index contributed by atoms with van der Waals surface area (Å²) in [6.45, 7) is 7.25. The molecule has 1 aromatic carbocycles. The van der Waals surface area contributed by atoms with E-state index in [2.05, 4.69) is 42.0 Å². The summed E-state index contributed by atoms with van der Waals surface area (Å²) in [5.74, 6) is 0.752. The van der Waals surface area contributed by atoms with E-state index in [1.54, 1.807) is 0 Å². The maximum absolute atomic E-state index is 5.42. The molecule has 0 amide bonds. The fourth-order valence-electron chi connectivity index (χ4n) is 3.13. The quantitative estimate of drug-likeness (QED) is 0.755. The van der Waals surface area contributed by atoms with Crippen molar-refractivity contribution in [3.8, 4) is 0 Å². The molecular weight excluding hydrogens is 224 g/mol. The second-order valence-corrected chi connectivity index (χ2v) is 5.60. The second kappa shape index (κ2) is 4.81. The van der Waals surface area contributed by atoms with E-state index >= 15 is 0 Å². The fraction of sp³-hybridized carbons (Fsp3) is 0.600. The summed E-state index contributed by atoms with van der Waals surface area (Å²) in [6, 6.07) is 6.93. The normalized spacial score (nSPS) is 24.0. The Kier molecular flexibility index (Phi) is 3.16. The molecule has 1 saturated heterocycles. The number of hydrogen-bond acceptors (Lipinski definition) is 3. The largest absolute Gasteiger partial charge is 0.378 e. The van der Waals surface area contributed by atoms with Gasteiger partial charge in [0.05, 0.1) is 13.2 Å². The first kappa shape index (κ1) is 11.8. The van der Waals surface area contributed by atoms with Crippen molar-refractivity contribution >= 4 is 11.4 Å². The Balaban J connectivity index is 1.87. The first-order valence-electron chi connectivity index (χ1n) is 6.91. The van der Waals surface area contributed by atoms with Gasteiger partial charge >= 0.3 is 0 Å². The molecule has 98 valence electrons. The van der Waals surface area contributed by atoms with Crippen molar-refractivity contribution in [1.82, 2.24) is 0 Å². The number of benzene rings is 1. The van der Waals surface area contributed by atoms with Crippen LogP contribution in [0.3, 0.4) is 0 Å². The first-order valence-corrected chi connectivity index (χ1v) is 6.91. The van der Waals surface area contributed by atoms with Crippen LogP contribution in [0.4, 0.5) is 11.4 Å². The summed E-state index contributed by atoms with van der Waals surface area (Å²) in [6.07, 6.45) is 1.21. The van der Waals surface area contributed by atoms with Crippen molar-refractivity contribution in [3.05, 3.63) is 23.8 Å². The van der Waals surface area contributed by atoms with Gasteiger partial charge in [-0.05, 0) is 36.1 Å². The number of morpholine rings is 1. The van der Waals surface area contributed by atoms with Crippen molar-refractivity contribution in [3.63, 3.8) is 0 Å². The van der Waals surface area contributed by atoms with Crippen molar-refractivity contribution in [2.24, 2.45) is 5.92 Å². The molecule has 2 aliphatic rings. The summed E-state index contributed by atoms with van der Waals surface area (Å²) < 4.78 is 5.42. The predicted molar refractivity (Wildman–Crippen MR) is 75.6 cm³/mol. The summed E-state index contributed by atoms with van der Waals surface area (Å²) >= 11 is 0. The summed E-state index contributed by atoms with van der Waals surface area (Å²) in [5, 5.41) is 0. The van der Waals surface area contributed by atoms with Crippen molar-refractivity contribution in [1.29, 1.82) is 0 Å². The molecule has 1 fully saturated rings. The van der Waals surface area contributed by atoms with E-state index in [0.29, 0.717) is 0 Å². The molecular formula is C15H22N2O. The van der Waals surface area contributed by atoms with Crippen LogP contribution in [0.1, 0.15) is 12.5 Å². The lowest BCUT2D eigenvalue weighted by molar-refractivity contribution is 0.122. The Bertz CT molecular complexity index is 427. The first-order chi connectivity index (χ1) is 8.74. The van der Waals surface area contributed by atoms with Gasteiger partial charge in [-0.3, -0.25) is 0 Å². The lowest BCUT2D eigenvalue weighted by atomic mass is 9.94. The van der Waals surface area contributed by atoms with Gasteiger partial charge < -0.3 is 14.5 Å². The van der Waals surface area contributed by atoms with Gasteiger partial charge in [0, 0.05) is 38.1 Å². The molecule has 2 aliphatic heterocycles. The van der Waals surface area contributed by atoms with Crippen LogP contribution in [0.15, 0.2) is 18.2 Å². The molecule has 3 nitrogen and oxygen atoms in total. The molecule has 0 unspecified atom stereocenters. The van der Waals surface area contributed by atoms with Gasteiger partial charge in [-0.15, -0.1) is 0 Å². The van der Waals surface area contributed by atoms with Crippen LogP contribution in [0.2, 0.25) is 0 Å². The summed E-state index contributed by atoms with van der Waals surface area (Å²) in [7, 11) is 2.20. The van der Waals surface area contributed by atoms with E-state index in [9.17, 15) is 0 Å². The number of rotatable bonds is 1. The average molecular weight is 246 g/mol. The molecule has 1 atom stereocenters. The Morgan fingerprint density at radius 2 is 2.00 bits per heavy atom. The van der Waals surface area contributed by atoms with Gasteiger partial charge in [0.15, 0.2) is 0 Å². The molecule has 0 radical (unpaired) electrons. The van der Waals surface area contributed by atoms with Crippen LogP contribution in [0.25, 0.3) is 0 Å². The zero-order valence-corrected chi connectivity index (χ0v) is 11.4. The fourth-order valence-corrected chi connectivity index (χ4v) is 3.13. The molecule has 3 heteroatoms. The molecule has 0 aromatic heterocycles. The SMILES string of the molecule is C[C@@H]1Cc2cc(N3CCOCC3)ccc2N(C)C1. The molecule has 0 bridgehead atoms. The smallest absolute Gasteiger partial charge is 0.0642 e. The molecule has 1 aromatic rings. The number of anilines is 2. The van der Waals surface area contributed by atoms with Gasteiger partial charge in [0.25, 0.3) is 0 Å². The summed E-state index contributed by atoms with van der Waals surface area (Å²) in [5.41, 5.74) is 4.27. The van der Waals surface area contributed by atoms with E-state index in [-0.39, 0.29) is 0 Å². The van der Waals surface area contributed by atoms with E-state index in [1.807, 2.05) is 0 Å². The van der Waals surface area contributed by atoms with Crippen molar-refractivity contribution in [2.45, 2.75) is 13.3 Å². The minimum atomic E-state index is 0.752. The molecule has 0 aliphatic carbocycles. The number of ether oxygens (including phenoxy) is 1. The molecule has 0 saturated carbocycles. The van der Waals surface area contributed by atoms with Crippen LogP contribution in [-0.4, -0.2) is 39.9 Å². The maximum Gasteiger partial charge on any atom is 0.0642 e. The Morgan fingerprint density at radius 1 is 1.22 bits per heavy atom. The van der Waals surface area contributed by atoms with E-state index < -0.39 is 0 Å². The predicted octanol–water partition coefficient (Wildman–Crippen LogP) is 2.15. The second-order valence-electron chi connectivity index (χ2n) is 5.60. The van der Waals surface area contributed by atoms with Crippen LogP contribution < -0.4 is 9.80 Å². The Morgan fingerprint density at radius 3 is 2.78 bits per heavy atom. The van der Waals surface area contributed by atoms with Crippen molar-refractivity contribution < 1.29 is 4.74 Å². The molecule has 0 N–H and O–H groups in total. The maximum atomic E-state index is 5.42. The standard InChI is InChI=1S/C15H22N2O/c1-12-9-13-10-14(17-5-7-18-8-6-17)3-4-15(13)16(2)11-12/h3-4,10,12H,5-9,11H2,1-2H3/t12-/m1/s1. The lowest BCUT2D eigenvalue weighted by Gasteiger charge is -2.34. The Hall–Kier alpha value is -1.22. The van der Waals surface area contributed by atoms with E-state index in [4.69, 9.17) is 4.74 Å². The topological polar surface area (TPSA) is 15.7 Å². The molecule has 0 spiro atoms.